The fraction of sp³-hybridized carbons (Fsp3) is 0.450. The first-order valence-electron chi connectivity index (χ1n) is 8.86. The largest absolute Gasteiger partial charge is 0.497 e. The molecule has 1 heterocycles. The van der Waals surface area contributed by atoms with Gasteiger partial charge in [-0.3, -0.25) is 9.69 Å². The third-order valence-electron chi connectivity index (χ3n) is 4.52. The Morgan fingerprint density at radius 3 is 2.54 bits per heavy atom. The molecule has 0 saturated carbocycles. The van der Waals surface area contributed by atoms with Gasteiger partial charge in [0, 0.05) is 18.2 Å². The van der Waals surface area contributed by atoms with E-state index in [-0.39, 0.29) is 18.4 Å². The number of thiophene rings is 1. The lowest BCUT2D eigenvalue weighted by Crippen LogP contribution is -2.38. The Bertz CT molecular complexity index is 684. The highest BCUT2D eigenvalue weighted by atomic mass is 32.1. The second-order valence-electron chi connectivity index (χ2n) is 5.95. The van der Waals surface area contributed by atoms with Crippen molar-refractivity contribution in [1.29, 1.82) is 0 Å². The first-order valence-corrected chi connectivity index (χ1v) is 9.80. The van der Waals surface area contributed by atoms with Crippen LogP contribution in [0.15, 0.2) is 35.0 Å². The number of carbonyl (C=O) groups excluding carboxylic acids is 1. The molecule has 0 saturated heterocycles. The van der Waals surface area contributed by atoms with Crippen LogP contribution in [0.2, 0.25) is 0 Å². The highest BCUT2D eigenvalue weighted by molar-refractivity contribution is 7.07. The van der Waals surface area contributed by atoms with E-state index < -0.39 is 0 Å². The van der Waals surface area contributed by atoms with E-state index in [4.69, 9.17) is 9.47 Å². The van der Waals surface area contributed by atoms with E-state index in [1.807, 2.05) is 12.1 Å². The number of nitrogens with one attached hydrogen (secondary N) is 1. The molecule has 0 fully saturated rings. The molecule has 1 atom stereocenters. The van der Waals surface area contributed by atoms with Crippen molar-refractivity contribution in [3.05, 3.63) is 46.2 Å². The second-order valence-corrected chi connectivity index (χ2v) is 6.73. The Balaban J connectivity index is 2.02. The van der Waals surface area contributed by atoms with Gasteiger partial charge in [0.25, 0.3) is 0 Å². The zero-order chi connectivity index (χ0) is 18.9. The van der Waals surface area contributed by atoms with Crippen molar-refractivity contribution in [3.63, 3.8) is 0 Å². The summed E-state index contributed by atoms with van der Waals surface area (Å²) in [6.07, 6.45) is 0.280. The van der Waals surface area contributed by atoms with Gasteiger partial charge in [-0.25, -0.2) is 0 Å². The zero-order valence-electron chi connectivity index (χ0n) is 16.0. The van der Waals surface area contributed by atoms with E-state index in [0.29, 0.717) is 18.0 Å². The van der Waals surface area contributed by atoms with Crippen molar-refractivity contribution in [2.45, 2.75) is 26.3 Å². The van der Waals surface area contributed by atoms with Crippen molar-refractivity contribution in [1.82, 2.24) is 10.2 Å². The molecule has 1 unspecified atom stereocenters. The van der Waals surface area contributed by atoms with E-state index in [0.717, 1.165) is 18.7 Å². The number of rotatable bonds is 10. The topological polar surface area (TPSA) is 50.8 Å². The lowest BCUT2D eigenvalue weighted by molar-refractivity contribution is -0.120. The number of hydrogen-bond acceptors (Lipinski definition) is 5. The molecule has 1 amide bonds. The third kappa shape index (κ3) is 5.22. The standard InChI is InChI=1S/C20H28N2O3S/c1-5-22(6-2)18(16-9-10-26-14-16)13-21-20(23)11-15-7-8-17(24-3)12-19(15)25-4/h7-10,12,14,18H,5-6,11,13H2,1-4H3,(H,21,23). The van der Waals surface area contributed by atoms with Gasteiger partial charge in [0.15, 0.2) is 0 Å². The predicted molar refractivity (Wildman–Crippen MR) is 106 cm³/mol. The lowest BCUT2D eigenvalue weighted by atomic mass is 10.1. The van der Waals surface area contributed by atoms with Crippen LogP contribution in [0.3, 0.4) is 0 Å². The summed E-state index contributed by atoms with van der Waals surface area (Å²) in [7, 11) is 3.21. The van der Waals surface area contributed by atoms with Gasteiger partial charge in [0.2, 0.25) is 5.91 Å². The summed E-state index contributed by atoms with van der Waals surface area (Å²) >= 11 is 1.68. The Hall–Kier alpha value is -2.05. The quantitative estimate of drug-likeness (QED) is 0.689. The second kappa shape index (κ2) is 10.2. The Labute approximate surface area is 159 Å². The number of benzene rings is 1. The van der Waals surface area contributed by atoms with Gasteiger partial charge in [-0.05, 0) is 41.5 Å². The average Bonchev–Trinajstić information content (AvgIpc) is 3.19. The zero-order valence-corrected chi connectivity index (χ0v) is 16.8. The van der Waals surface area contributed by atoms with Crippen LogP contribution in [0.4, 0.5) is 0 Å². The molecule has 0 radical (unpaired) electrons. The molecule has 0 bridgehead atoms. The molecular weight excluding hydrogens is 348 g/mol. The molecule has 6 heteroatoms. The fourth-order valence-corrected chi connectivity index (χ4v) is 3.74. The molecule has 2 rings (SSSR count). The van der Waals surface area contributed by atoms with Crippen molar-refractivity contribution >= 4 is 17.2 Å². The summed E-state index contributed by atoms with van der Waals surface area (Å²) in [5.74, 6) is 1.36. The van der Waals surface area contributed by atoms with Gasteiger partial charge in [0.05, 0.1) is 26.7 Å². The molecule has 0 spiro atoms. The van der Waals surface area contributed by atoms with Crippen LogP contribution in [0.5, 0.6) is 11.5 Å². The molecular formula is C20H28N2O3S. The monoisotopic (exact) mass is 376 g/mol. The van der Waals surface area contributed by atoms with Crippen molar-refractivity contribution in [2.75, 3.05) is 33.9 Å². The third-order valence-corrected chi connectivity index (χ3v) is 5.22. The molecule has 0 aliphatic rings. The number of methoxy groups -OCH3 is 2. The number of likely N-dealkylation sites (N-methyl/N-ethyl adjacent to an activating group) is 1. The van der Waals surface area contributed by atoms with E-state index in [2.05, 4.69) is 40.9 Å². The Kier molecular flexibility index (Phi) is 7.94. The van der Waals surface area contributed by atoms with Crippen LogP contribution < -0.4 is 14.8 Å². The van der Waals surface area contributed by atoms with Gasteiger partial charge in [-0.2, -0.15) is 11.3 Å². The van der Waals surface area contributed by atoms with E-state index in [1.165, 1.54) is 5.56 Å². The van der Waals surface area contributed by atoms with Crippen LogP contribution in [-0.4, -0.2) is 44.7 Å². The molecule has 0 aliphatic heterocycles. The SMILES string of the molecule is CCN(CC)C(CNC(=O)Cc1ccc(OC)cc1OC)c1ccsc1. The molecule has 142 valence electrons. The number of nitrogens with zero attached hydrogens (tertiary/aromatic N) is 1. The van der Waals surface area contributed by atoms with Crippen LogP contribution >= 0.6 is 11.3 Å². The first kappa shape index (κ1) is 20.3. The normalized spacial score (nSPS) is 12.0. The lowest BCUT2D eigenvalue weighted by Gasteiger charge is -2.29. The predicted octanol–water partition coefficient (Wildman–Crippen LogP) is 3.51. The van der Waals surface area contributed by atoms with Crippen LogP contribution in [0.25, 0.3) is 0 Å². The van der Waals surface area contributed by atoms with Gasteiger partial charge < -0.3 is 14.8 Å². The molecule has 1 N–H and O–H groups in total. The van der Waals surface area contributed by atoms with Crippen molar-refractivity contribution in [2.24, 2.45) is 0 Å². The summed E-state index contributed by atoms with van der Waals surface area (Å²) in [4.78, 5) is 14.9. The minimum Gasteiger partial charge on any atom is -0.497 e. The van der Waals surface area contributed by atoms with Crippen LogP contribution in [0.1, 0.15) is 31.0 Å². The smallest absolute Gasteiger partial charge is 0.224 e. The summed E-state index contributed by atoms with van der Waals surface area (Å²) in [6, 6.07) is 7.84. The summed E-state index contributed by atoms with van der Waals surface area (Å²) in [6.45, 7) is 6.77. The summed E-state index contributed by atoms with van der Waals surface area (Å²) < 4.78 is 10.6. The minimum absolute atomic E-state index is 0.0131. The van der Waals surface area contributed by atoms with E-state index in [1.54, 1.807) is 31.6 Å². The van der Waals surface area contributed by atoms with Gasteiger partial charge in [-0.15, -0.1) is 0 Å². The first-order chi connectivity index (χ1) is 12.6. The number of ether oxygens (including phenoxy) is 2. The van der Waals surface area contributed by atoms with Gasteiger partial charge >= 0.3 is 0 Å². The maximum atomic E-state index is 12.5. The fourth-order valence-electron chi connectivity index (χ4n) is 3.03. The molecule has 2 aromatic rings. The number of carbonyl (C=O) groups is 1. The number of hydrogen-bond donors (Lipinski definition) is 1. The van der Waals surface area contributed by atoms with Crippen LogP contribution in [-0.2, 0) is 11.2 Å². The molecule has 1 aromatic heterocycles. The minimum atomic E-state index is -0.0131. The Morgan fingerprint density at radius 1 is 1.19 bits per heavy atom. The molecule has 5 nitrogen and oxygen atoms in total. The Morgan fingerprint density at radius 2 is 1.96 bits per heavy atom. The van der Waals surface area contributed by atoms with Crippen LogP contribution in [0, 0.1) is 0 Å². The maximum Gasteiger partial charge on any atom is 0.224 e. The number of amides is 1. The van der Waals surface area contributed by atoms with E-state index >= 15 is 0 Å². The maximum absolute atomic E-state index is 12.5. The highest BCUT2D eigenvalue weighted by Gasteiger charge is 2.19. The van der Waals surface area contributed by atoms with Gasteiger partial charge in [0.1, 0.15) is 11.5 Å². The summed E-state index contributed by atoms with van der Waals surface area (Å²) in [5, 5.41) is 7.32. The molecule has 0 aliphatic carbocycles. The molecule has 26 heavy (non-hydrogen) atoms. The average molecular weight is 377 g/mol. The molecule has 1 aromatic carbocycles. The highest BCUT2D eigenvalue weighted by Crippen LogP contribution is 2.25. The van der Waals surface area contributed by atoms with Gasteiger partial charge in [-0.1, -0.05) is 19.9 Å². The summed E-state index contributed by atoms with van der Waals surface area (Å²) in [5.41, 5.74) is 2.10. The van der Waals surface area contributed by atoms with Crippen molar-refractivity contribution in [3.8, 4) is 11.5 Å². The van der Waals surface area contributed by atoms with E-state index in [9.17, 15) is 4.79 Å². The van der Waals surface area contributed by atoms with Crippen molar-refractivity contribution < 1.29 is 14.3 Å².